The van der Waals surface area contributed by atoms with Gasteiger partial charge in [-0.1, -0.05) is 98.3 Å². The van der Waals surface area contributed by atoms with Gasteiger partial charge in [0.15, 0.2) is 5.82 Å². The van der Waals surface area contributed by atoms with Crippen molar-refractivity contribution in [3.63, 3.8) is 0 Å². The van der Waals surface area contributed by atoms with Crippen LogP contribution in [0.25, 0.3) is 33.4 Å². The average molecular weight is 624 g/mol. The number of rotatable bonds is 9. The van der Waals surface area contributed by atoms with E-state index in [0.717, 1.165) is 89.8 Å². The maximum absolute atomic E-state index is 14.4. The minimum Gasteiger partial charge on any atom is -0.292 e. The van der Waals surface area contributed by atoms with Crippen LogP contribution in [0.3, 0.4) is 0 Å². The number of unbranched alkanes of at least 4 members (excludes halogenated alkanes) is 1. The summed E-state index contributed by atoms with van der Waals surface area (Å²) in [4.78, 5) is 26.3. The summed E-state index contributed by atoms with van der Waals surface area (Å²) in [6, 6.07) is 33.4. The minimum atomic E-state index is -0.632. The molecule has 0 radical (unpaired) electrons. The van der Waals surface area contributed by atoms with E-state index in [-0.39, 0.29) is 5.56 Å². The summed E-state index contributed by atoms with van der Waals surface area (Å²) >= 11 is 0. The molecule has 9 nitrogen and oxygen atoms in total. The van der Waals surface area contributed by atoms with Crippen LogP contribution in [0, 0.1) is 0 Å². The number of H-pyrrole nitrogens is 1. The number of fused-ring (bicyclic) bond motifs is 2. The Kier molecular flexibility index (Phi) is 7.71. The number of benzene rings is 4. The summed E-state index contributed by atoms with van der Waals surface area (Å²) in [5.41, 5.74) is 6.23. The summed E-state index contributed by atoms with van der Waals surface area (Å²) in [5.74, 6) is 1.44. The first-order chi connectivity index (χ1) is 23.1. The van der Waals surface area contributed by atoms with E-state index in [1.807, 2.05) is 41.0 Å². The molecule has 9 heteroatoms. The first-order valence-corrected chi connectivity index (χ1v) is 16.6. The van der Waals surface area contributed by atoms with E-state index in [2.05, 4.69) is 93.3 Å². The molecule has 236 valence electrons. The van der Waals surface area contributed by atoms with Gasteiger partial charge in [-0.05, 0) is 69.6 Å². The highest BCUT2D eigenvalue weighted by Crippen LogP contribution is 2.48. The van der Waals surface area contributed by atoms with Crippen molar-refractivity contribution in [3.8, 4) is 22.5 Å². The number of hydrogen-bond acceptors (Lipinski definition) is 7. The third-order valence-electron chi connectivity index (χ3n) is 9.75. The molecular weight excluding hydrogens is 586 g/mol. The molecule has 2 aromatic heterocycles. The monoisotopic (exact) mass is 623 g/mol. The molecule has 4 aromatic carbocycles. The number of hydrogen-bond donors (Lipinski definition) is 1. The van der Waals surface area contributed by atoms with E-state index in [9.17, 15) is 4.79 Å². The van der Waals surface area contributed by atoms with Gasteiger partial charge in [-0.2, -0.15) is 5.06 Å². The van der Waals surface area contributed by atoms with Crippen molar-refractivity contribution >= 4 is 10.9 Å². The Morgan fingerprint density at radius 3 is 2.51 bits per heavy atom. The van der Waals surface area contributed by atoms with Crippen molar-refractivity contribution in [2.24, 2.45) is 0 Å². The van der Waals surface area contributed by atoms with Crippen molar-refractivity contribution in [1.29, 1.82) is 0 Å². The standard InChI is InChI=1S/C38H37N7O2/c1-2-3-15-35-39-34-21-20-29(38(28-10-5-4-6-11-28)24-30-12-9-22-45(30)47-38)23-33(34)37(46)44(35)25-26-16-18-27(19-17-26)31-13-7-8-14-32(31)36-40-42-43-41-36/h4-8,10-11,13-14,16-21,23,30H,2-3,9,12,15,22,24-25H2,1H3,(H,40,41,42,43). The number of aromatic amines is 1. The molecule has 6 aromatic rings. The van der Waals surface area contributed by atoms with E-state index in [0.29, 0.717) is 23.8 Å². The number of nitrogens with zero attached hydrogens (tertiary/aromatic N) is 6. The molecule has 4 heterocycles. The fourth-order valence-corrected chi connectivity index (χ4v) is 7.31. The fourth-order valence-electron chi connectivity index (χ4n) is 7.31. The van der Waals surface area contributed by atoms with Crippen molar-refractivity contribution in [3.05, 3.63) is 130 Å². The van der Waals surface area contributed by atoms with Crippen LogP contribution < -0.4 is 5.56 Å². The molecule has 0 aliphatic carbocycles. The molecule has 2 unspecified atom stereocenters. The van der Waals surface area contributed by atoms with Gasteiger partial charge in [0.05, 0.1) is 17.4 Å². The number of hydroxylamine groups is 2. The molecule has 47 heavy (non-hydrogen) atoms. The molecule has 2 saturated heterocycles. The van der Waals surface area contributed by atoms with Gasteiger partial charge in [-0.25, -0.2) is 10.1 Å². The normalized spacial score (nSPS) is 19.4. The Balaban J connectivity index is 1.18. The van der Waals surface area contributed by atoms with E-state index < -0.39 is 5.60 Å². The fraction of sp³-hybridized carbons (Fsp3) is 0.289. The van der Waals surface area contributed by atoms with E-state index in [1.165, 1.54) is 0 Å². The van der Waals surface area contributed by atoms with Gasteiger partial charge in [-0.15, -0.1) is 5.10 Å². The predicted octanol–water partition coefficient (Wildman–Crippen LogP) is 6.68. The molecule has 1 N–H and O–H groups in total. The summed E-state index contributed by atoms with van der Waals surface area (Å²) in [6.45, 7) is 3.54. The quantitative estimate of drug-likeness (QED) is 0.192. The van der Waals surface area contributed by atoms with Crippen LogP contribution in [0.4, 0.5) is 0 Å². The molecule has 0 spiro atoms. The van der Waals surface area contributed by atoms with E-state index >= 15 is 0 Å². The van der Waals surface area contributed by atoms with Gasteiger partial charge >= 0.3 is 0 Å². The number of nitrogens with one attached hydrogen (secondary N) is 1. The maximum Gasteiger partial charge on any atom is 0.261 e. The lowest BCUT2D eigenvalue weighted by atomic mass is 9.81. The van der Waals surface area contributed by atoms with Crippen LogP contribution in [0.15, 0.2) is 102 Å². The topological polar surface area (TPSA) is 102 Å². The number of aryl methyl sites for hydroxylation is 1. The smallest absolute Gasteiger partial charge is 0.261 e. The lowest BCUT2D eigenvalue weighted by Crippen LogP contribution is -2.31. The highest BCUT2D eigenvalue weighted by Gasteiger charge is 2.49. The van der Waals surface area contributed by atoms with Gasteiger partial charge in [0.2, 0.25) is 0 Å². The Labute approximate surface area is 273 Å². The van der Waals surface area contributed by atoms with Gasteiger partial charge in [-0.3, -0.25) is 14.2 Å². The van der Waals surface area contributed by atoms with E-state index in [4.69, 9.17) is 9.82 Å². The second kappa shape index (κ2) is 12.3. The van der Waals surface area contributed by atoms with Gasteiger partial charge in [0.25, 0.3) is 5.56 Å². The van der Waals surface area contributed by atoms with Gasteiger partial charge < -0.3 is 0 Å². The first-order valence-electron chi connectivity index (χ1n) is 16.6. The van der Waals surface area contributed by atoms with Crippen molar-refractivity contribution in [1.82, 2.24) is 35.2 Å². The summed E-state index contributed by atoms with van der Waals surface area (Å²) < 4.78 is 1.87. The molecule has 2 aliphatic rings. The molecule has 8 rings (SSSR count). The van der Waals surface area contributed by atoms with Crippen molar-refractivity contribution in [2.75, 3.05) is 6.54 Å². The van der Waals surface area contributed by atoms with Gasteiger partial charge in [0, 0.05) is 31.0 Å². The summed E-state index contributed by atoms with van der Waals surface area (Å²) in [5, 5.41) is 17.3. The van der Waals surface area contributed by atoms with Crippen LogP contribution in [0.2, 0.25) is 0 Å². The second-order valence-corrected chi connectivity index (χ2v) is 12.7. The van der Waals surface area contributed by atoms with Crippen molar-refractivity contribution < 1.29 is 4.84 Å². The average Bonchev–Trinajstić information content (AvgIpc) is 3.88. The largest absolute Gasteiger partial charge is 0.292 e. The molecule has 2 fully saturated rings. The number of tetrazole rings is 1. The summed E-state index contributed by atoms with van der Waals surface area (Å²) in [7, 11) is 0. The van der Waals surface area contributed by atoms with Crippen LogP contribution in [0.1, 0.15) is 61.5 Å². The third-order valence-corrected chi connectivity index (χ3v) is 9.75. The zero-order chi connectivity index (χ0) is 31.8. The van der Waals surface area contributed by atoms with Crippen LogP contribution in [-0.4, -0.2) is 47.8 Å². The van der Waals surface area contributed by atoms with E-state index in [1.54, 1.807) is 0 Å². The van der Waals surface area contributed by atoms with Crippen LogP contribution >= 0.6 is 0 Å². The highest BCUT2D eigenvalue weighted by molar-refractivity contribution is 5.81. The Morgan fingerprint density at radius 2 is 1.74 bits per heavy atom. The van der Waals surface area contributed by atoms with Crippen LogP contribution in [-0.2, 0) is 23.4 Å². The zero-order valence-electron chi connectivity index (χ0n) is 26.5. The predicted molar refractivity (Wildman–Crippen MR) is 181 cm³/mol. The van der Waals surface area contributed by atoms with Crippen LogP contribution in [0.5, 0.6) is 0 Å². The third kappa shape index (κ3) is 5.35. The highest BCUT2D eigenvalue weighted by atomic mass is 16.7. The molecule has 2 aliphatic heterocycles. The SMILES string of the molecule is CCCCc1nc2ccc(C3(c4ccccc4)CC4CCCN4O3)cc2c(=O)n1Cc1ccc(-c2ccccc2-c2nnn[nH]2)cc1. The first kappa shape index (κ1) is 29.4. The molecule has 0 saturated carbocycles. The Bertz CT molecular complexity index is 2060. The molecule has 2 atom stereocenters. The molecule has 0 bridgehead atoms. The lowest BCUT2D eigenvalue weighted by Gasteiger charge is -2.30. The summed E-state index contributed by atoms with van der Waals surface area (Å²) in [6.07, 6.45) is 5.86. The zero-order valence-corrected chi connectivity index (χ0v) is 26.5. The number of aromatic nitrogens is 6. The lowest BCUT2D eigenvalue weighted by molar-refractivity contribution is -0.183. The van der Waals surface area contributed by atoms with Crippen molar-refractivity contribution in [2.45, 2.75) is 63.6 Å². The molecule has 0 amide bonds. The van der Waals surface area contributed by atoms with Gasteiger partial charge in [0.1, 0.15) is 11.4 Å². The minimum absolute atomic E-state index is 0.0168. The molecular formula is C38H37N7O2. The Hall–Kier alpha value is -4.99. The Morgan fingerprint density at radius 1 is 0.936 bits per heavy atom. The second-order valence-electron chi connectivity index (χ2n) is 12.7. The maximum atomic E-state index is 14.4.